The number of ether oxygens (including phenoxy) is 1. The lowest BCUT2D eigenvalue weighted by atomic mass is 10.3. The minimum atomic E-state index is 0.348. The lowest BCUT2D eigenvalue weighted by molar-refractivity contribution is 0.198. The van der Waals surface area contributed by atoms with Crippen molar-refractivity contribution in [2.75, 3.05) is 25.6 Å². The second-order valence-electron chi connectivity index (χ2n) is 3.89. The number of halogens is 2. The number of para-hydroxylation sites is 1. The zero-order valence-electron chi connectivity index (χ0n) is 10.8. The number of nitrogens with one attached hydrogen (secondary N) is 2. The third-order valence-electron chi connectivity index (χ3n) is 2.42. The summed E-state index contributed by atoms with van der Waals surface area (Å²) in [5.41, 5.74) is 0.843. The van der Waals surface area contributed by atoms with Crippen LogP contribution in [-0.4, -0.2) is 30.5 Å². The van der Waals surface area contributed by atoms with Crippen LogP contribution < -0.4 is 10.6 Å². The van der Waals surface area contributed by atoms with Gasteiger partial charge in [0.15, 0.2) is 0 Å². The molecular formula is C12H14Br2N4O2. The average Bonchev–Trinajstić information content (AvgIpc) is 2.87. The van der Waals surface area contributed by atoms with E-state index in [-0.39, 0.29) is 0 Å². The molecule has 6 nitrogen and oxygen atoms in total. The molecule has 1 aromatic carbocycles. The Kier molecular flexibility index (Phi) is 5.96. The first kappa shape index (κ1) is 15.4. The van der Waals surface area contributed by atoms with E-state index < -0.39 is 0 Å². The summed E-state index contributed by atoms with van der Waals surface area (Å²) in [6, 6.07) is 6.13. The van der Waals surface area contributed by atoms with Gasteiger partial charge in [0.25, 0.3) is 0 Å². The maximum absolute atomic E-state index is 5.50. The number of methoxy groups -OCH3 is 1. The van der Waals surface area contributed by atoms with Crippen molar-refractivity contribution >= 4 is 43.6 Å². The van der Waals surface area contributed by atoms with E-state index in [4.69, 9.17) is 9.15 Å². The number of nitrogens with zero attached hydrogens (tertiary/aromatic N) is 2. The molecule has 0 radical (unpaired) electrons. The van der Waals surface area contributed by atoms with E-state index >= 15 is 0 Å². The van der Waals surface area contributed by atoms with E-state index in [1.165, 1.54) is 0 Å². The van der Waals surface area contributed by atoms with Crippen LogP contribution in [0, 0.1) is 0 Å². The zero-order valence-corrected chi connectivity index (χ0v) is 14.0. The van der Waals surface area contributed by atoms with Gasteiger partial charge >= 0.3 is 6.01 Å². The fraction of sp³-hybridized carbons (Fsp3) is 0.333. The molecule has 0 fully saturated rings. The van der Waals surface area contributed by atoms with Gasteiger partial charge in [-0.2, -0.15) is 0 Å². The van der Waals surface area contributed by atoms with Gasteiger partial charge in [-0.3, -0.25) is 0 Å². The number of aromatic nitrogens is 2. The number of hydrogen-bond acceptors (Lipinski definition) is 6. The Morgan fingerprint density at radius 3 is 2.70 bits per heavy atom. The first-order valence-corrected chi connectivity index (χ1v) is 7.52. The first-order valence-electron chi connectivity index (χ1n) is 5.94. The van der Waals surface area contributed by atoms with Gasteiger partial charge in [-0.15, -0.1) is 5.10 Å². The van der Waals surface area contributed by atoms with Gasteiger partial charge in [-0.25, -0.2) is 0 Å². The maximum atomic E-state index is 5.50. The van der Waals surface area contributed by atoms with Crippen LogP contribution in [-0.2, 0) is 11.3 Å². The molecule has 1 heterocycles. The van der Waals surface area contributed by atoms with Gasteiger partial charge in [0.2, 0.25) is 5.89 Å². The Labute approximate surface area is 133 Å². The predicted molar refractivity (Wildman–Crippen MR) is 83.0 cm³/mol. The third-order valence-corrected chi connectivity index (χ3v) is 3.74. The van der Waals surface area contributed by atoms with Gasteiger partial charge in [-0.05, 0) is 44.0 Å². The Bertz CT molecular complexity index is 542. The predicted octanol–water partition coefficient (Wildman–Crippen LogP) is 3.07. The molecule has 8 heteroatoms. The zero-order chi connectivity index (χ0) is 14.4. The van der Waals surface area contributed by atoms with Crippen molar-refractivity contribution in [1.29, 1.82) is 0 Å². The minimum absolute atomic E-state index is 0.348. The lowest BCUT2D eigenvalue weighted by Gasteiger charge is -2.06. The molecule has 0 aliphatic rings. The summed E-state index contributed by atoms with van der Waals surface area (Å²) in [4.78, 5) is 0. The van der Waals surface area contributed by atoms with Crippen LogP contribution in [0.1, 0.15) is 5.89 Å². The van der Waals surface area contributed by atoms with Gasteiger partial charge < -0.3 is 19.8 Å². The summed E-state index contributed by atoms with van der Waals surface area (Å²) in [6.07, 6.45) is 0. The van der Waals surface area contributed by atoms with E-state index in [0.29, 0.717) is 25.1 Å². The summed E-state index contributed by atoms with van der Waals surface area (Å²) < 4.78 is 12.3. The molecule has 0 unspecified atom stereocenters. The molecule has 0 spiro atoms. The smallest absolute Gasteiger partial charge is 0.320 e. The van der Waals surface area contributed by atoms with E-state index in [1.54, 1.807) is 7.11 Å². The average molecular weight is 406 g/mol. The van der Waals surface area contributed by atoms with Crippen LogP contribution in [0.2, 0.25) is 0 Å². The number of anilines is 2. The van der Waals surface area contributed by atoms with E-state index in [9.17, 15) is 0 Å². The highest BCUT2D eigenvalue weighted by molar-refractivity contribution is 9.11. The molecule has 0 saturated carbocycles. The molecule has 0 atom stereocenters. The molecule has 2 N–H and O–H groups in total. The van der Waals surface area contributed by atoms with E-state index in [1.807, 2.05) is 18.2 Å². The van der Waals surface area contributed by atoms with Crippen molar-refractivity contribution in [3.63, 3.8) is 0 Å². The van der Waals surface area contributed by atoms with Crippen LogP contribution in [0.5, 0.6) is 0 Å². The fourth-order valence-corrected chi connectivity index (χ4v) is 2.67. The second-order valence-corrected chi connectivity index (χ2v) is 5.60. The molecular weight excluding hydrogens is 392 g/mol. The molecule has 1 aromatic heterocycles. The summed E-state index contributed by atoms with van der Waals surface area (Å²) in [7, 11) is 1.66. The monoisotopic (exact) mass is 404 g/mol. The Morgan fingerprint density at radius 2 is 2.00 bits per heavy atom. The second kappa shape index (κ2) is 7.72. The number of benzene rings is 1. The van der Waals surface area contributed by atoms with Crippen molar-refractivity contribution < 1.29 is 9.15 Å². The summed E-state index contributed by atoms with van der Waals surface area (Å²) >= 11 is 6.92. The van der Waals surface area contributed by atoms with Crippen molar-refractivity contribution in [1.82, 2.24) is 15.5 Å². The van der Waals surface area contributed by atoms with Gasteiger partial charge in [0, 0.05) is 22.6 Å². The molecule has 0 aliphatic heterocycles. The summed E-state index contributed by atoms with van der Waals surface area (Å²) in [5.74, 6) is 0.520. The third kappa shape index (κ3) is 4.27. The lowest BCUT2D eigenvalue weighted by Crippen LogP contribution is -2.18. The SMILES string of the molecule is COCCNCc1nnc(Nc2c(Br)cccc2Br)o1. The van der Waals surface area contributed by atoms with Gasteiger partial charge in [-0.1, -0.05) is 11.2 Å². The highest BCUT2D eigenvalue weighted by Crippen LogP contribution is 2.32. The largest absolute Gasteiger partial charge is 0.406 e. The minimum Gasteiger partial charge on any atom is -0.406 e. The highest BCUT2D eigenvalue weighted by atomic mass is 79.9. The topological polar surface area (TPSA) is 72.2 Å². The molecule has 0 aliphatic carbocycles. The molecule has 20 heavy (non-hydrogen) atoms. The van der Waals surface area contributed by atoms with Crippen molar-refractivity contribution in [2.45, 2.75) is 6.54 Å². The maximum Gasteiger partial charge on any atom is 0.320 e. The fourth-order valence-electron chi connectivity index (χ4n) is 1.47. The molecule has 0 amide bonds. The van der Waals surface area contributed by atoms with E-state index in [0.717, 1.165) is 21.2 Å². The number of hydrogen-bond donors (Lipinski definition) is 2. The standard InChI is InChI=1S/C12H14Br2N4O2/c1-19-6-5-15-7-10-17-18-12(20-10)16-11-8(13)3-2-4-9(11)14/h2-4,15H,5-7H2,1H3,(H,16,18). The van der Waals surface area contributed by atoms with Gasteiger partial charge in [0.05, 0.1) is 18.8 Å². The van der Waals surface area contributed by atoms with E-state index in [2.05, 4.69) is 52.7 Å². The highest BCUT2D eigenvalue weighted by Gasteiger charge is 2.10. The Hall–Kier alpha value is -0.960. The molecule has 0 saturated heterocycles. The normalized spacial score (nSPS) is 10.8. The van der Waals surface area contributed by atoms with Crippen LogP contribution in [0.15, 0.2) is 31.6 Å². The van der Waals surface area contributed by atoms with Crippen molar-refractivity contribution in [2.24, 2.45) is 0 Å². The van der Waals surface area contributed by atoms with Gasteiger partial charge in [0.1, 0.15) is 0 Å². The van der Waals surface area contributed by atoms with Crippen LogP contribution in [0.3, 0.4) is 0 Å². The molecule has 0 bridgehead atoms. The van der Waals surface area contributed by atoms with Crippen LogP contribution in [0.25, 0.3) is 0 Å². The Balaban J connectivity index is 1.96. The quantitative estimate of drug-likeness (QED) is 0.689. The molecule has 2 rings (SSSR count). The number of rotatable bonds is 7. The van der Waals surface area contributed by atoms with Crippen molar-refractivity contribution in [3.05, 3.63) is 33.0 Å². The summed E-state index contributed by atoms with van der Waals surface area (Å²) in [6.45, 7) is 1.88. The molecule has 108 valence electrons. The van der Waals surface area contributed by atoms with Crippen LogP contribution >= 0.6 is 31.9 Å². The van der Waals surface area contributed by atoms with Crippen molar-refractivity contribution in [3.8, 4) is 0 Å². The Morgan fingerprint density at radius 1 is 1.25 bits per heavy atom. The van der Waals surface area contributed by atoms with Crippen LogP contribution in [0.4, 0.5) is 11.7 Å². The summed E-state index contributed by atoms with van der Waals surface area (Å²) in [5, 5.41) is 14.1. The first-order chi connectivity index (χ1) is 9.70. The molecule has 2 aromatic rings.